The van der Waals surface area contributed by atoms with Crippen molar-refractivity contribution in [2.45, 2.75) is 63.1 Å². The molecule has 0 aliphatic heterocycles. The molecule has 2 aliphatic rings. The maximum atomic E-state index is 6.19. The van der Waals surface area contributed by atoms with Gasteiger partial charge < -0.3 is 14.2 Å². The van der Waals surface area contributed by atoms with Crippen molar-refractivity contribution < 1.29 is 14.2 Å². The van der Waals surface area contributed by atoms with Crippen LogP contribution in [0.5, 0.6) is 11.5 Å². The van der Waals surface area contributed by atoms with E-state index in [2.05, 4.69) is 18.2 Å². The molecule has 0 heterocycles. The fourth-order valence-electron chi connectivity index (χ4n) is 3.68. The Morgan fingerprint density at radius 1 is 0.905 bits per heavy atom. The third-order valence-corrected chi connectivity index (χ3v) is 4.97. The highest BCUT2D eigenvalue weighted by Crippen LogP contribution is 2.40. The average molecular weight is 290 g/mol. The molecule has 21 heavy (non-hydrogen) atoms. The Kier molecular flexibility index (Phi) is 4.69. The second-order valence-corrected chi connectivity index (χ2v) is 6.30. The quantitative estimate of drug-likeness (QED) is 0.809. The van der Waals surface area contributed by atoms with Gasteiger partial charge in [-0.15, -0.1) is 0 Å². The summed E-state index contributed by atoms with van der Waals surface area (Å²) >= 11 is 0. The summed E-state index contributed by atoms with van der Waals surface area (Å²) in [7, 11) is 3.53. The Morgan fingerprint density at radius 2 is 1.71 bits per heavy atom. The summed E-state index contributed by atoms with van der Waals surface area (Å²) in [5, 5.41) is 0. The molecule has 3 nitrogen and oxygen atoms in total. The van der Waals surface area contributed by atoms with Gasteiger partial charge in [-0.25, -0.2) is 0 Å². The molecule has 0 N–H and O–H groups in total. The number of ether oxygens (including phenoxy) is 3. The van der Waals surface area contributed by atoms with Crippen molar-refractivity contribution in [3.8, 4) is 11.5 Å². The van der Waals surface area contributed by atoms with Gasteiger partial charge >= 0.3 is 0 Å². The molecule has 1 aromatic rings. The second-order valence-electron chi connectivity index (χ2n) is 6.30. The van der Waals surface area contributed by atoms with Crippen LogP contribution in [-0.2, 0) is 4.74 Å². The number of benzene rings is 1. The molecule has 0 unspecified atom stereocenters. The zero-order valence-corrected chi connectivity index (χ0v) is 13.1. The lowest BCUT2D eigenvalue weighted by Gasteiger charge is -2.18. The van der Waals surface area contributed by atoms with E-state index in [1.165, 1.54) is 37.7 Å². The molecular weight excluding hydrogens is 264 g/mol. The van der Waals surface area contributed by atoms with Gasteiger partial charge in [0.05, 0.1) is 19.3 Å². The van der Waals surface area contributed by atoms with Gasteiger partial charge in [-0.1, -0.05) is 6.07 Å². The van der Waals surface area contributed by atoms with E-state index in [4.69, 9.17) is 14.2 Å². The summed E-state index contributed by atoms with van der Waals surface area (Å²) in [5.74, 6) is 2.36. The maximum Gasteiger partial charge on any atom is 0.161 e. The fraction of sp³-hybridized carbons (Fsp3) is 0.667. The zero-order chi connectivity index (χ0) is 14.7. The van der Waals surface area contributed by atoms with Crippen LogP contribution >= 0.6 is 0 Å². The first-order valence-electron chi connectivity index (χ1n) is 8.17. The molecule has 3 heteroatoms. The summed E-state index contributed by atoms with van der Waals surface area (Å²) in [6.07, 6.45) is 9.16. The van der Waals surface area contributed by atoms with E-state index in [0.717, 1.165) is 24.3 Å². The minimum atomic E-state index is 0.365. The highest BCUT2D eigenvalue weighted by Gasteiger charge is 2.27. The van der Waals surface area contributed by atoms with Crippen LogP contribution in [-0.4, -0.2) is 26.4 Å². The molecule has 116 valence electrons. The van der Waals surface area contributed by atoms with Gasteiger partial charge in [0.1, 0.15) is 0 Å². The zero-order valence-electron chi connectivity index (χ0n) is 13.1. The van der Waals surface area contributed by atoms with Crippen LogP contribution in [0.3, 0.4) is 0 Å². The van der Waals surface area contributed by atoms with Crippen molar-refractivity contribution in [1.29, 1.82) is 0 Å². The standard InChI is InChI=1S/C18H26O3/c1-19-16-9-7-13(11-16)14-8-10-17(20-2)18(12-14)21-15-5-3-4-6-15/h8,10,12-13,15-16H,3-7,9,11H2,1-2H3/t13-,16+/m0/s1. The third-order valence-electron chi connectivity index (χ3n) is 4.97. The van der Waals surface area contributed by atoms with E-state index in [9.17, 15) is 0 Å². The fourth-order valence-corrected chi connectivity index (χ4v) is 3.68. The minimum absolute atomic E-state index is 0.365. The van der Waals surface area contributed by atoms with Crippen molar-refractivity contribution in [1.82, 2.24) is 0 Å². The molecule has 2 aliphatic carbocycles. The SMILES string of the molecule is COc1ccc([C@H]2CC[C@@H](OC)C2)cc1OC1CCCC1. The van der Waals surface area contributed by atoms with Crippen LogP contribution in [0.25, 0.3) is 0 Å². The van der Waals surface area contributed by atoms with Crippen molar-refractivity contribution >= 4 is 0 Å². The minimum Gasteiger partial charge on any atom is -0.493 e. The van der Waals surface area contributed by atoms with E-state index in [1.807, 2.05) is 7.11 Å². The van der Waals surface area contributed by atoms with Crippen molar-refractivity contribution in [2.24, 2.45) is 0 Å². The first kappa shape index (κ1) is 14.7. The first-order chi connectivity index (χ1) is 10.3. The average Bonchev–Trinajstić information content (AvgIpc) is 3.18. The van der Waals surface area contributed by atoms with Gasteiger partial charge in [0.25, 0.3) is 0 Å². The number of rotatable bonds is 5. The highest BCUT2D eigenvalue weighted by molar-refractivity contribution is 5.44. The van der Waals surface area contributed by atoms with Crippen LogP contribution in [0.4, 0.5) is 0 Å². The topological polar surface area (TPSA) is 27.7 Å². The molecule has 0 saturated heterocycles. The molecule has 1 aromatic carbocycles. The first-order valence-corrected chi connectivity index (χ1v) is 8.17. The second kappa shape index (κ2) is 6.69. The predicted molar refractivity (Wildman–Crippen MR) is 83.3 cm³/mol. The van der Waals surface area contributed by atoms with E-state index < -0.39 is 0 Å². The van der Waals surface area contributed by atoms with Gasteiger partial charge in [0, 0.05) is 7.11 Å². The molecule has 0 amide bonds. The largest absolute Gasteiger partial charge is 0.493 e. The summed E-state index contributed by atoms with van der Waals surface area (Å²) < 4.78 is 17.2. The summed E-state index contributed by atoms with van der Waals surface area (Å²) in [6.45, 7) is 0. The molecule has 2 saturated carbocycles. The Bertz CT molecular complexity index is 466. The number of hydrogen-bond donors (Lipinski definition) is 0. The summed E-state index contributed by atoms with van der Waals surface area (Å²) in [4.78, 5) is 0. The monoisotopic (exact) mass is 290 g/mol. The highest BCUT2D eigenvalue weighted by atomic mass is 16.5. The van der Waals surface area contributed by atoms with Crippen LogP contribution in [0.2, 0.25) is 0 Å². The van der Waals surface area contributed by atoms with Gasteiger partial charge in [0.2, 0.25) is 0 Å². The molecule has 2 atom stereocenters. The van der Waals surface area contributed by atoms with Crippen molar-refractivity contribution in [2.75, 3.05) is 14.2 Å². The van der Waals surface area contributed by atoms with E-state index >= 15 is 0 Å². The molecular formula is C18H26O3. The number of hydrogen-bond acceptors (Lipinski definition) is 3. The summed E-state index contributed by atoms with van der Waals surface area (Å²) in [6, 6.07) is 6.43. The van der Waals surface area contributed by atoms with Gasteiger partial charge in [0.15, 0.2) is 11.5 Å². The van der Waals surface area contributed by atoms with Crippen molar-refractivity contribution in [3.05, 3.63) is 23.8 Å². The van der Waals surface area contributed by atoms with Crippen LogP contribution in [0.15, 0.2) is 18.2 Å². The van der Waals surface area contributed by atoms with Crippen LogP contribution in [0, 0.1) is 0 Å². The van der Waals surface area contributed by atoms with Crippen LogP contribution < -0.4 is 9.47 Å². The number of methoxy groups -OCH3 is 2. The maximum absolute atomic E-state index is 6.19. The Morgan fingerprint density at radius 3 is 2.38 bits per heavy atom. The Hall–Kier alpha value is -1.22. The summed E-state index contributed by atoms with van der Waals surface area (Å²) in [5.41, 5.74) is 1.36. The lowest BCUT2D eigenvalue weighted by molar-refractivity contribution is 0.108. The lowest BCUT2D eigenvalue weighted by atomic mass is 9.97. The molecule has 0 spiro atoms. The van der Waals surface area contributed by atoms with Crippen molar-refractivity contribution in [3.63, 3.8) is 0 Å². The van der Waals surface area contributed by atoms with Gasteiger partial charge in [-0.2, -0.15) is 0 Å². The van der Waals surface area contributed by atoms with E-state index in [1.54, 1.807) is 7.11 Å². The Balaban J connectivity index is 1.76. The lowest BCUT2D eigenvalue weighted by Crippen LogP contribution is -2.12. The molecule has 3 rings (SSSR count). The van der Waals surface area contributed by atoms with Gasteiger partial charge in [-0.05, 0) is 68.6 Å². The van der Waals surface area contributed by atoms with Crippen LogP contribution in [0.1, 0.15) is 56.4 Å². The smallest absolute Gasteiger partial charge is 0.161 e. The Labute approximate surface area is 127 Å². The van der Waals surface area contributed by atoms with E-state index in [0.29, 0.717) is 18.1 Å². The van der Waals surface area contributed by atoms with Gasteiger partial charge in [-0.3, -0.25) is 0 Å². The molecule has 0 radical (unpaired) electrons. The van der Waals surface area contributed by atoms with E-state index in [-0.39, 0.29) is 0 Å². The third kappa shape index (κ3) is 3.34. The predicted octanol–water partition coefficient (Wildman–Crippen LogP) is 4.30. The molecule has 0 bridgehead atoms. The molecule has 0 aromatic heterocycles. The molecule has 2 fully saturated rings. The normalized spacial score (nSPS) is 26.2.